The van der Waals surface area contributed by atoms with E-state index in [1.165, 1.54) is 6.42 Å². The van der Waals surface area contributed by atoms with Gasteiger partial charge in [0.25, 0.3) is 0 Å². The lowest BCUT2D eigenvalue weighted by atomic mass is 9.93. The lowest BCUT2D eigenvalue weighted by molar-refractivity contribution is -0.133. The Morgan fingerprint density at radius 3 is 3.10 bits per heavy atom. The number of hydrogen-bond acceptors (Lipinski definition) is 3. The fraction of sp³-hybridized carbons (Fsp3) is 0.750. The molecule has 0 saturated carbocycles. The number of hydrogen-bond donors (Lipinski definition) is 0. The monoisotopic (exact) mass is 293 g/mol. The summed E-state index contributed by atoms with van der Waals surface area (Å²) in [6.45, 7) is 5.37. The fourth-order valence-electron chi connectivity index (χ4n) is 3.06. The van der Waals surface area contributed by atoms with Crippen LogP contribution in [0, 0.1) is 12.8 Å². The summed E-state index contributed by atoms with van der Waals surface area (Å²) in [7, 11) is 1.74. The predicted octanol–water partition coefficient (Wildman–Crippen LogP) is 2.25. The summed E-state index contributed by atoms with van der Waals surface area (Å²) < 4.78 is 7.15. The van der Waals surface area contributed by atoms with Crippen molar-refractivity contribution < 1.29 is 9.53 Å². The van der Waals surface area contributed by atoms with Gasteiger partial charge in [-0.2, -0.15) is 0 Å². The van der Waals surface area contributed by atoms with Crippen LogP contribution in [0.3, 0.4) is 0 Å². The number of nitrogens with zero attached hydrogens (tertiary/aromatic N) is 3. The first-order chi connectivity index (χ1) is 10.2. The largest absolute Gasteiger partial charge is 0.385 e. The van der Waals surface area contributed by atoms with Crippen molar-refractivity contribution in [3.8, 4) is 0 Å². The van der Waals surface area contributed by atoms with Gasteiger partial charge in [-0.15, -0.1) is 0 Å². The van der Waals surface area contributed by atoms with Gasteiger partial charge < -0.3 is 14.2 Å². The first-order valence-corrected chi connectivity index (χ1v) is 7.95. The summed E-state index contributed by atoms with van der Waals surface area (Å²) in [5, 5.41) is 0. The highest BCUT2D eigenvalue weighted by molar-refractivity contribution is 5.76. The molecule has 118 valence electrons. The number of amides is 1. The summed E-state index contributed by atoms with van der Waals surface area (Å²) in [6, 6.07) is 0. The van der Waals surface area contributed by atoms with E-state index in [9.17, 15) is 4.79 Å². The van der Waals surface area contributed by atoms with Crippen molar-refractivity contribution in [2.45, 2.75) is 45.6 Å². The molecule has 0 spiro atoms. The molecule has 1 amide bonds. The second-order valence-electron chi connectivity index (χ2n) is 5.90. The topological polar surface area (TPSA) is 47.4 Å². The van der Waals surface area contributed by atoms with Crippen molar-refractivity contribution in [1.29, 1.82) is 0 Å². The Morgan fingerprint density at radius 2 is 2.38 bits per heavy atom. The van der Waals surface area contributed by atoms with Crippen LogP contribution >= 0.6 is 0 Å². The van der Waals surface area contributed by atoms with Crippen LogP contribution in [0.1, 0.15) is 37.9 Å². The molecule has 1 aromatic rings. The van der Waals surface area contributed by atoms with Crippen LogP contribution in [0.2, 0.25) is 0 Å². The minimum atomic E-state index is 0.277. The number of aromatic nitrogens is 2. The maximum Gasteiger partial charge on any atom is 0.224 e. The van der Waals surface area contributed by atoms with Crippen LogP contribution in [0.25, 0.3) is 0 Å². The summed E-state index contributed by atoms with van der Waals surface area (Å²) in [5.74, 6) is 1.89. The Hall–Kier alpha value is -1.36. The van der Waals surface area contributed by atoms with Gasteiger partial charge >= 0.3 is 0 Å². The molecule has 0 aliphatic carbocycles. The van der Waals surface area contributed by atoms with E-state index in [4.69, 9.17) is 4.74 Å². The van der Waals surface area contributed by atoms with Crippen LogP contribution in [-0.4, -0.2) is 47.2 Å². The molecule has 1 saturated heterocycles. The van der Waals surface area contributed by atoms with Crippen LogP contribution in [-0.2, 0) is 16.1 Å². The van der Waals surface area contributed by atoms with E-state index in [0.717, 1.165) is 51.3 Å². The molecular formula is C16H27N3O2. The van der Waals surface area contributed by atoms with Crippen LogP contribution in [0.5, 0.6) is 0 Å². The third kappa shape index (κ3) is 4.84. The van der Waals surface area contributed by atoms with E-state index in [2.05, 4.69) is 4.98 Å². The molecule has 0 unspecified atom stereocenters. The maximum atomic E-state index is 12.3. The van der Waals surface area contributed by atoms with Gasteiger partial charge in [0.15, 0.2) is 0 Å². The highest BCUT2D eigenvalue weighted by Gasteiger charge is 2.23. The number of ether oxygens (including phenoxy) is 1. The smallest absolute Gasteiger partial charge is 0.224 e. The number of imidazole rings is 1. The van der Waals surface area contributed by atoms with Gasteiger partial charge in [-0.25, -0.2) is 4.98 Å². The van der Waals surface area contributed by atoms with E-state index >= 15 is 0 Å². The van der Waals surface area contributed by atoms with Crippen molar-refractivity contribution in [3.63, 3.8) is 0 Å². The van der Waals surface area contributed by atoms with Crippen LogP contribution in [0.15, 0.2) is 12.4 Å². The van der Waals surface area contributed by atoms with Crippen molar-refractivity contribution in [3.05, 3.63) is 18.2 Å². The van der Waals surface area contributed by atoms with Gasteiger partial charge in [-0.05, 0) is 38.5 Å². The van der Waals surface area contributed by atoms with Crippen molar-refractivity contribution in [2.24, 2.45) is 5.92 Å². The molecule has 0 N–H and O–H groups in total. The molecule has 0 bridgehead atoms. The van der Waals surface area contributed by atoms with Gasteiger partial charge in [-0.1, -0.05) is 0 Å². The standard InChI is InChI=1S/C16H27N3O2/c1-14-17-8-11-18(14)10-7-16(20)19-9-3-5-15(13-19)6-4-12-21-2/h8,11,15H,3-7,9-10,12-13H2,1-2H3/t15-/m1/s1. The van der Waals surface area contributed by atoms with Crippen molar-refractivity contribution in [2.75, 3.05) is 26.8 Å². The maximum absolute atomic E-state index is 12.3. The third-order valence-corrected chi connectivity index (χ3v) is 4.32. The molecule has 1 atom stereocenters. The lowest BCUT2D eigenvalue weighted by Crippen LogP contribution is -2.40. The summed E-state index contributed by atoms with van der Waals surface area (Å²) in [5.41, 5.74) is 0. The molecule has 1 aromatic heterocycles. The minimum Gasteiger partial charge on any atom is -0.385 e. The van der Waals surface area contributed by atoms with Gasteiger partial charge in [0.1, 0.15) is 5.82 Å². The SMILES string of the molecule is COCCC[C@H]1CCCN(C(=O)CCn2ccnc2C)C1. The van der Waals surface area contributed by atoms with Gasteiger partial charge in [0.05, 0.1) is 0 Å². The predicted molar refractivity (Wildman–Crippen MR) is 82.0 cm³/mol. The summed E-state index contributed by atoms with van der Waals surface area (Å²) in [6.07, 6.45) is 8.93. The van der Waals surface area contributed by atoms with Crippen LogP contribution in [0.4, 0.5) is 0 Å². The summed E-state index contributed by atoms with van der Waals surface area (Å²) in [4.78, 5) is 18.6. The molecule has 1 aliphatic rings. The number of methoxy groups -OCH3 is 1. The molecule has 1 aliphatic heterocycles. The second-order valence-corrected chi connectivity index (χ2v) is 5.90. The van der Waals surface area contributed by atoms with Crippen molar-refractivity contribution >= 4 is 5.91 Å². The van der Waals surface area contributed by atoms with Gasteiger partial charge in [0, 0.05) is 52.2 Å². The molecule has 1 fully saturated rings. The number of likely N-dealkylation sites (tertiary alicyclic amines) is 1. The first-order valence-electron chi connectivity index (χ1n) is 7.95. The van der Waals surface area contributed by atoms with E-state index < -0.39 is 0 Å². The zero-order valence-electron chi connectivity index (χ0n) is 13.3. The number of carbonyl (C=O) groups is 1. The molecule has 5 nitrogen and oxygen atoms in total. The van der Waals surface area contributed by atoms with E-state index in [1.54, 1.807) is 13.3 Å². The highest BCUT2D eigenvalue weighted by atomic mass is 16.5. The molecular weight excluding hydrogens is 266 g/mol. The molecule has 2 rings (SSSR count). The average Bonchev–Trinajstić information content (AvgIpc) is 2.91. The molecule has 2 heterocycles. The third-order valence-electron chi connectivity index (χ3n) is 4.32. The number of piperidine rings is 1. The quantitative estimate of drug-likeness (QED) is 0.724. The van der Waals surface area contributed by atoms with Gasteiger partial charge in [-0.3, -0.25) is 4.79 Å². The second kappa shape index (κ2) is 8.17. The van der Waals surface area contributed by atoms with Crippen LogP contribution < -0.4 is 0 Å². The Morgan fingerprint density at radius 1 is 1.52 bits per heavy atom. The summed E-state index contributed by atoms with van der Waals surface area (Å²) >= 11 is 0. The molecule has 5 heteroatoms. The number of carbonyl (C=O) groups excluding carboxylic acids is 1. The fourth-order valence-corrected chi connectivity index (χ4v) is 3.06. The average molecular weight is 293 g/mol. The highest BCUT2D eigenvalue weighted by Crippen LogP contribution is 2.21. The molecule has 0 aromatic carbocycles. The Bertz CT molecular complexity index is 444. The Balaban J connectivity index is 1.75. The molecule has 0 radical (unpaired) electrons. The Labute approximate surface area is 127 Å². The van der Waals surface area contributed by atoms with E-state index in [1.807, 2.05) is 22.6 Å². The van der Waals surface area contributed by atoms with Crippen molar-refractivity contribution in [1.82, 2.24) is 14.5 Å². The normalized spacial score (nSPS) is 19.0. The zero-order chi connectivity index (χ0) is 15.1. The number of aryl methyl sites for hydroxylation is 2. The lowest BCUT2D eigenvalue weighted by Gasteiger charge is -2.33. The van der Waals surface area contributed by atoms with Gasteiger partial charge in [0.2, 0.25) is 5.91 Å². The molecule has 21 heavy (non-hydrogen) atoms. The zero-order valence-corrected chi connectivity index (χ0v) is 13.3. The number of rotatable bonds is 7. The Kier molecular flexibility index (Phi) is 6.23. The van der Waals surface area contributed by atoms with E-state index in [-0.39, 0.29) is 5.91 Å². The van der Waals surface area contributed by atoms with E-state index in [0.29, 0.717) is 12.3 Å². The first kappa shape index (κ1) is 16.0. The minimum absolute atomic E-state index is 0.277.